The van der Waals surface area contributed by atoms with Gasteiger partial charge in [-0.25, -0.2) is 0 Å². The predicted octanol–water partition coefficient (Wildman–Crippen LogP) is 4.79. The number of hydrogen-bond donors (Lipinski definition) is 3. The monoisotopic (exact) mass is 418 g/mol. The van der Waals surface area contributed by atoms with Crippen LogP contribution in [0.15, 0.2) is 42.5 Å². The van der Waals surface area contributed by atoms with Crippen LogP contribution in [0, 0.1) is 13.8 Å². The van der Waals surface area contributed by atoms with Crippen LogP contribution in [0.25, 0.3) is 10.9 Å². The zero-order valence-electron chi connectivity index (χ0n) is 14.6. The highest BCUT2D eigenvalue weighted by atomic mass is 35.5. The molecule has 0 aliphatic carbocycles. The van der Waals surface area contributed by atoms with Crippen molar-refractivity contribution in [2.75, 3.05) is 5.32 Å². The van der Waals surface area contributed by atoms with E-state index in [1.54, 1.807) is 25.1 Å². The Morgan fingerprint density at radius 1 is 1.04 bits per heavy atom. The van der Waals surface area contributed by atoms with Crippen molar-refractivity contribution in [1.29, 1.82) is 0 Å². The van der Waals surface area contributed by atoms with Gasteiger partial charge in [-0.2, -0.15) is 0 Å². The Balaban J connectivity index is 1.71. The Hall–Kier alpha value is -2.41. The number of para-hydroxylation sites is 1. The van der Waals surface area contributed by atoms with Crippen LogP contribution in [0.4, 0.5) is 5.69 Å². The van der Waals surface area contributed by atoms with Crippen molar-refractivity contribution in [3.8, 4) is 0 Å². The molecular weight excluding hydrogens is 403 g/mol. The Bertz CT molecular complexity index is 1060. The molecule has 1 aromatic heterocycles. The molecule has 0 saturated carbocycles. The molecule has 5 nitrogen and oxygen atoms in total. The first-order valence-electron chi connectivity index (χ1n) is 8.05. The van der Waals surface area contributed by atoms with Crippen molar-refractivity contribution in [2.24, 2.45) is 0 Å². The molecule has 3 rings (SSSR count). The van der Waals surface area contributed by atoms with Gasteiger partial charge in [0.25, 0.3) is 5.91 Å². The minimum Gasteiger partial charge on any atom is -0.331 e. The van der Waals surface area contributed by atoms with E-state index in [0.29, 0.717) is 27.0 Å². The van der Waals surface area contributed by atoms with Gasteiger partial charge < -0.3 is 5.32 Å². The zero-order valence-corrected chi connectivity index (χ0v) is 16.9. The third-order valence-corrected chi connectivity index (χ3v) is 4.97. The van der Waals surface area contributed by atoms with Crippen LogP contribution in [0.3, 0.4) is 0 Å². The number of pyridine rings is 1. The third-order valence-electron chi connectivity index (χ3n) is 4.03. The first-order valence-corrected chi connectivity index (χ1v) is 9.21. The molecule has 0 bridgehead atoms. The summed E-state index contributed by atoms with van der Waals surface area (Å²) in [5.74, 6) is -0.318. The second kappa shape index (κ2) is 8.08. The minimum atomic E-state index is -0.318. The van der Waals surface area contributed by atoms with Gasteiger partial charge in [-0.3, -0.25) is 20.6 Å². The fourth-order valence-corrected chi connectivity index (χ4v) is 3.24. The van der Waals surface area contributed by atoms with E-state index in [-0.39, 0.29) is 11.0 Å². The maximum Gasteiger partial charge on any atom is 0.271 e. The summed E-state index contributed by atoms with van der Waals surface area (Å²) in [6.45, 7) is 3.71. The Morgan fingerprint density at radius 3 is 2.52 bits per heavy atom. The van der Waals surface area contributed by atoms with Crippen LogP contribution >= 0.6 is 35.4 Å². The van der Waals surface area contributed by atoms with Crippen LogP contribution in [-0.4, -0.2) is 16.0 Å². The molecule has 0 aliphatic heterocycles. The van der Waals surface area contributed by atoms with Gasteiger partial charge in [0.1, 0.15) is 0 Å². The summed E-state index contributed by atoms with van der Waals surface area (Å²) in [6.07, 6.45) is 0. The number of fused-ring (bicyclic) bond motifs is 1. The fourth-order valence-electron chi connectivity index (χ4n) is 2.78. The number of aryl methyl sites for hydroxylation is 2. The van der Waals surface area contributed by atoms with E-state index in [0.717, 1.165) is 16.5 Å². The summed E-state index contributed by atoms with van der Waals surface area (Å²) in [4.78, 5) is 17.2. The van der Waals surface area contributed by atoms with Gasteiger partial charge in [-0.15, -0.1) is 0 Å². The molecule has 0 atom stereocenters. The number of carbonyl (C=O) groups excluding carboxylic acids is 1. The van der Waals surface area contributed by atoms with E-state index >= 15 is 0 Å². The molecule has 1 amide bonds. The maximum absolute atomic E-state index is 12.6. The van der Waals surface area contributed by atoms with E-state index in [4.69, 9.17) is 35.4 Å². The molecule has 138 valence electrons. The number of aromatic nitrogens is 1. The normalized spacial score (nSPS) is 10.5. The predicted molar refractivity (Wildman–Crippen MR) is 115 cm³/mol. The Labute approximate surface area is 172 Å². The highest BCUT2D eigenvalue weighted by molar-refractivity contribution is 7.80. The molecule has 8 heteroatoms. The highest BCUT2D eigenvalue weighted by Crippen LogP contribution is 2.25. The largest absolute Gasteiger partial charge is 0.331 e. The lowest BCUT2D eigenvalue weighted by atomic mass is 10.0. The number of amides is 1. The molecule has 2 aromatic carbocycles. The van der Waals surface area contributed by atoms with Crippen LogP contribution in [0.5, 0.6) is 0 Å². The molecule has 0 fully saturated rings. The molecule has 0 spiro atoms. The van der Waals surface area contributed by atoms with Crippen molar-refractivity contribution in [3.63, 3.8) is 0 Å². The first kappa shape index (κ1) is 19.4. The van der Waals surface area contributed by atoms with Crippen molar-refractivity contribution in [2.45, 2.75) is 13.8 Å². The minimum absolute atomic E-state index is 0.214. The summed E-state index contributed by atoms with van der Waals surface area (Å²) >= 11 is 17.1. The Kier molecular flexibility index (Phi) is 5.79. The number of nitrogens with one attached hydrogen (secondary N) is 3. The van der Waals surface area contributed by atoms with Gasteiger partial charge in [0.2, 0.25) is 0 Å². The first-order chi connectivity index (χ1) is 12.9. The molecule has 3 aromatic rings. The van der Waals surface area contributed by atoms with Crippen molar-refractivity contribution >= 4 is 63.0 Å². The highest BCUT2D eigenvalue weighted by Gasteiger charge is 2.16. The number of benzene rings is 2. The summed E-state index contributed by atoms with van der Waals surface area (Å²) in [5.41, 5.74) is 8.81. The molecule has 0 saturated heterocycles. The van der Waals surface area contributed by atoms with Gasteiger partial charge in [0.15, 0.2) is 5.11 Å². The average Bonchev–Trinajstić information content (AvgIpc) is 2.63. The van der Waals surface area contributed by atoms with Crippen LogP contribution in [0.1, 0.15) is 21.6 Å². The molecule has 3 N–H and O–H groups in total. The molecule has 0 unspecified atom stereocenters. The quantitative estimate of drug-likeness (QED) is 0.412. The maximum atomic E-state index is 12.6. The van der Waals surface area contributed by atoms with Crippen LogP contribution < -0.4 is 16.2 Å². The topological polar surface area (TPSA) is 66.0 Å². The van der Waals surface area contributed by atoms with Gasteiger partial charge in [0, 0.05) is 11.1 Å². The summed E-state index contributed by atoms with van der Waals surface area (Å²) in [6, 6.07) is 12.7. The van der Waals surface area contributed by atoms with E-state index in [1.165, 1.54) is 0 Å². The molecule has 1 heterocycles. The van der Waals surface area contributed by atoms with Crippen LogP contribution in [0.2, 0.25) is 10.0 Å². The van der Waals surface area contributed by atoms with Gasteiger partial charge >= 0.3 is 0 Å². The molecule has 0 radical (unpaired) electrons. The lowest BCUT2D eigenvalue weighted by Crippen LogP contribution is -2.44. The number of rotatable bonds is 2. The number of hydrogen-bond acceptors (Lipinski definition) is 3. The average molecular weight is 419 g/mol. The lowest BCUT2D eigenvalue weighted by molar-refractivity contribution is 0.0942. The van der Waals surface area contributed by atoms with Crippen molar-refractivity contribution in [1.82, 2.24) is 15.8 Å². The number of hydrazine groups is 1. The molecule has 0 aliphatic rings. The second-order valence-corrected chi connectivity index (χ2v) is 7.10. The number of thiocarbonyl (C=S) groups is 1. The molecular formula is C19H16Cl2N4OS. The van der Waals surface area contributed by atoms with Gasteiger partial charge in [-0.1, -0.05) is 41.4 Å². The number of carbonyl (C=O) groups is 1. The summed E-state index contributed by atoms with van der Waals surface area (Å²) < 4.78 is 0. The summed E-state index contributed by atoms with van der Waals surface area (Å²) in [7, 11) is 0. The number of halogens is 2. The van der Waals surface area contributed by atoms with Crippen molar-refractivity contribution < 1.29 is 4.79 Å². The fraction of sp³-hybridized carbons (Fsp3) is 0.105. The van der Waals surface area contributed by atoms with E-state index in [2.05, 4.69) is 21.2 Å². The second-order valence-electron chi connectivity index (χ2n) is 5.88. The smallest absolute Gasteiger partial charge is 0.271 e. The van der Waals surface area contributed by atoms with E-state index in [1.807, 2.05) is 31.2 Å². The number of anilines is 1. The molecule has 27 heavy (non-hydrogen) atoms. The van der Waals surface area contributed by atoms with E-state index in [9.17, 15) is 4.79 Å². The standard InChI is InChI=1S/C19H16Cl2N4OS/c1-10-13-5-3-4-6-16(13)22-11(2)17(10)18(26)24-25-19(27)23-12-7-8-14(20)15(21)9-12/h3-9H,1-2H3,(H,24,26)(H2,23,25,27). The Morgan fingerprint density at radius 2 is 1.78 bits per heavy atom. The van der Waals surface area contributed by atoms with Crippen molar-refractivity contribution in [3.05, 3.63) is 69.3 Å². The zero-order chi connectivity index (χ0) is 19.6. The SMILES string of the molecule is Cc1nc2ccccc2c(C)c1C(=O)NNC(=S)Nc1ccc(Cl)c(Cl)c1. The van der Waals surface area contributed by atoms with Gasteiger partial charge in [-0.05, 0) is 55.9 Å². The summed E-state index contributed by atoms with van der Waals surface area (Å²) in [5, 5.41) is 4.92. The third kappa shape index (κ3) is 4.30. The van der Waals surface area contributed by atoms with Gasteiger partial charge in [0.05, 0.1) is 26.8 Å². The number of nitrogens with zero attached hydrogens (tertiary/aromatic N) is 1. The van der Waals surface area contributed by atoms with Crippen LogP contribution in [-0.2, 0) is 0 Å². The van der Waals surface area contributed by atoms with E-state index < -0.39 is 0 Å². The lowest BCUT2D eigenvalue weighted by Gasteiger charge is -2.15.